The van der Waals surface area contributed by atoms with Crippen LogP contribution in [0.15, 0.2) is 69.0 Å². The maximum atomic E-state index is 13.0. The standard InChI is InChI=1S/C22H17F3N6O4/c1-11-17(19(32)30(28-11)15-8-6-13(7-9-15)21(34)35)26-27-18-12(2)29-31(20(18)33)16-5-3-4-14(10-16)22(23,24)25/h3-10,17-18H,1-2H3,(H,34,35)/b27-26+. The number of hydrazone groups is 2. The van der Waals surface area contributed by atoms with E-state index in [0.717, 1.165) is 22.2 Å². The van der Waals surface area contributed by atoms with Crippen LogP contribution in [0.2, 0.25) is 0 Å². The Morgan fingerprint density at radius 3 is 1.89 bits per heavy atom. The van der Waals surface area contributed by atoms with Gasteiger partial charge in [0.15, 0.2) is 12.1 Å². The summed E-state index contributed by atoms with van der Waals surface area (Å²) in [6, 6.07) is 7.31. The number of hydrogen-bond donors (Lipinski definition) is 1. The van der Waals surface area contributed by atoms with Crippen LogP contribution < -0.4 is 10.0 Å². The number of rotatable bonds is 5. The number of anilines is 2. The Hall–Kier alpha value is -4.42. The zero-order valence-corrected chi connectivity index (χ0v) is 18.3. The van der Waals surface area contributed by atoms with Crippen LogP contribution in [0.4, 0.5) is 24.5 Å². The number of amides is 2. The highest BCUT2D eigenvalue weighted by Gasteiger charge is 2.39. The van der Waals surface area contributed by atoms with Crippen LogP contribution in [0.3, 0.4) is 0 Å². The highest BCUT2D eigenvalue weighted by atomic mass is 19.4. The molecule has 1 N–H and O–H groups in total. The van der Waals surface area contributed by atoms with Gasteiger partial charge in [-0.3, -0.25) is 9.59 Å². The Bertz CT molecular complexity index is 1300. The number of carbonyl (C=O) groups excluding carboxylic acids is 2. The summed E-state index contributed by atoms with van der Waals surface area (Å²) in [6.07, 6.45) is -4.59. The van der Waals surface area contributed by atoms with E-state index in [1.165, 1.54) is 43.3 Å². The molecule has 0 radical (unpaired) electrons. The second-order valence-corrected chi connectivity index (χ2v) is 7.72. The van der Waals surface area contributed by atoms with E-state index in [2.05, 4.69) is 20.4 Å². The molecular weight excluding hydrogens is 469 g/mol. The summed E-state index contributed by atoms with van der Waals surface area (Å²) >= 11 is 0. The SMILES string of the molecule is CC1=NN(c2ccc(C(=O)O)cc2)C(=O)C1/N=N/C1C(=O)N(c2cccc(C(F)(F)F)c2)N=C1C. The number of benzene rings is 2. The number of aromatic carboxylic acids is 1. The molecule has 4 rings (SSSR count). The number of halogens is 3. The molecule has 10 nitrogen and oxygen atoms in total. The number of carboxylic acid groups (broad SMARTS) is 1. The monoisotopic (exact) mass is 486 g/mol. The molecule has 2 aliphatic heterocycles. The van der Waals surface area contributed by atoms with E-state index in [-0.39, 0.29) is 22.7 Å². The van der Waals surface area contributed by atoms with Crippen molar-refractivity contribution in [2.75, 3.05) is 10.0 Å². The summed E-state index contributed by atoms with van der Waals surface area (Å²) in [6.45, 7) is 3.02. The van der Waals surface area contributed by atoms with Crippen molar-refractivity contribution in [3.63, 3.8) is 0 Å². The summed E-state index contributed by atoms with van der Waals surface area (Å²) in [5.41, 5.74) is -0.166. The first-order chi connectivity index (χ1) is 16.5. The number of nitrogens with zero attached hydrogens (tertiary/aromatic N) is 6. The topological polar surface area (TPSA) is 127 Å². The first-order valence-corrected chi connectivity index (χ1v) is 10.2. The number of azo groups is 1. The van der Waals surface area contributed by atoms with E-state index in [1.54, 1.807) is 6.92 Å². The highest BCUT2D eigenvalue weighted by molar-refractivity contribution is 6.19. The number of carboxylic acids is 1. The molecule has 0 saturated heterocycles. The third kappa shape index (κ3) is 4.52. The first-order valence-electron chi connectivity index (χ1n) is 10.2. The third-order valence-electron chi connectivity index (χ3n) is 5.27. The van der Waals surface area contributed by atoms with Crippen LogP contribution in [0.1, 0.15) is 29.8 Å². The molecule has 2 aromatic carbocycles. The fraction of sp³-hybridized carbons (Fsp3) is 0.227. The molecule has 35 heavy (non-hydrogen) atoms. The van der Waals surface area contributed by atoms with Crippen LogP contribution in [0, 0.1) is 0 Å². The minimum Gasteiger partial charge on any atom is -0.478 e. The molecule has 13 heteroatoms. The summed E-state index contributed by atoms with van der Waals surface area (Å²) in [5.74, 6) is -2.40. The molecule has 2 unspecified atom stereocenters. The fourth-order valence-electron chi connectivity index (χ4n) is 3.44. The van der Waals surface area contributed by atoms with Gasteiger partial charge in [-0.1, -0.05) is 6.07 Å². The lowest BCUT2D eigenvalue weighted by Gasteiger charge is -2.15. The molecule has 2 aliphatic rings. The van der Waals surface area contributed by atoms with Gasteiger partial charge in [-0.05, 0) is 56.3 Å². The van der Waals surface area contributed by atoms with E-state index < -0.39 is 41.6 Å². The van der Waals surface area contributed by atoms with E-state index in [0.29, 0.717) is 5.69 Å². The van der Waals surface area contributed by atoms with E-state index in [9.17, 15) is 27.6 Å². The van der Waals surface area contributed by atoms with Crippen LogP contribution in [0.25, 0.3) is 0 Å². The molecule has 2 aromatic rings. The molecule has 2 amide bonds. The molecule has 0 spiro atoms. The predicted molar refractivity (Wildman–Crippen MR) is 118 cm³/mol. The normalized spacial score (nSPS) is 20.6. The van der Waals surface area contributed by atoms with Gasteiger partial charge in [0.05, 0.1) is 33.9 Å². The van der Waals surface area contributed by atoms with Crippen molar-refractivity contribution in [2.45, 2.75) is 32.1 Å². The van der Waals surface area contributed by atoms with Gasteiger partial charge in [-0.25, -0.2) is 4.79 Å². The third-order valence-corrected chi connectivity index (χ3v) is 5.27. The lowest BCUT2D eigenvalue weighted by atomic mass is 10.1. The zero-order chi connectivity index (χ0) is 25.5. The molecule has 2 atom stereocenters. The number of hydrogen-bond acceptors (Lipinski definition) is 7. The number of carbonyl (C=O) groups is 3. The second kappa shape index (κ2) is 8.74. The van der Waals surface area contributed by atoms with Crippen molar-refractivity contribution in [3.8, 4) is 0 Å². The molecule has 0 aromatic heterocycles. The minimum atomic E-state index is -4.59. The summed E-state index contributed by atoms with van der Waals surface area (Å²) in [4.78, 5) is 36.7. The molecule has 0 saturated carbocycles. The second-order valence-electron chi connectivity index (χ2n) is 7.72. The lowest BCUT2D eigenvalue weighted by Crippen LogP contribution is -2.32. The summed E-state index contributed by atoms with van der Waals surface area (Å²) in [5, 5.41) is 27.0. The predicted octanol–water partition coefficient (Wildman–Crippen LogP) is 3.74. The Morgan fingerprint density at radius 1 is 0.886 bits per heavy atom. The quantitative estimate of drug-likeness (QED) is 0.646. The molecule has 0 bridgehead atoms. The largest absolute Gasteiger partial charge is 0.478 e. The van der Waals surface area contributed by atoms with E-state index in [4.69, 9.17) is 5.11 Å². The average Bonchev–Trinajstić information content (AvgIpc) is 3.26. The zero-order valence-electron chi connectivity index (χ0n) is 18.3. The van der Waals surface area contributed by atoms with Gasteiger partial charge in [0, 0.05) is 0 Å². The van der Waals surface area contributed by atoms with Crippen molar-refractivity contribution in [1.29, 1.82) is 0 Å². The van der Waals surface area contributed by atoms with Crippen LogP contribution in [0.5, 0.6) is 0 Å². The fourth-order valence-corrected chi connectivity index (χ4v) is 3.44. The van der Waals surface area contributed by atoms with E-state index in [1.807, 2.05) is 0 Å². The van der Waals surface area contributed by atoms with Gasteiger partial charge < -0.3 is 5.11 Å². The molecule has 180 valence electrons. The van der Waals surface area contributed by atoms with Crippen LogP contribution in [-0.4, -0.2) is 46.4 Å². The molecule has 0 aliphatic carbocycles. The Balaban J connectivity index is 1.51. The van der Waals surface area contributed by atoms with Crippen molar-refractivity contribution >= 4 is 40.6 Å². The first kappa shape index (κ1) is 23.7. The van der Waals surface area contributed by atoms with Crippen LogP contribution >= 0.6 is 0 Å². The Labute approximate surface area is 196 Å². The average molecular weight is 486 g/mol. The van der Waals surface area contributed by atoms with Crippen molar-refractivity contribution in [2.24, 2.45) is 20.4 Å². The summed E-state index contributed by atoms with van der Waals surface area (Å²) in [7, 11) is 0. The van der Waals surface area contributed by atoms with Crippen LogP contribution in [-0.2, 0) is 15.8 Å². The highest BCUT2D eigenvalue weighted by Crippen LogP contribution is 2.33. The van der Waals surface area contributed by atoms with Gasteiger partial charge in [0.25, 0.3) is 11.8 Å². The minimum absolute atomic E-state index is 0.0390. The number of alkyl halides is 3. The smallest absolute Gasteiger partial charge is 0.416 e. The van der Waals surface area contributed by atoms with Crippen molar-refractivity contribution in [3.05, 3.63) is 59.7 Å². The maximum absolute atomic E-state index is 13.0. The van der Waals surface area contributed by atoms with E-state index >= 15 is 0 Å². The molecule has 0 fully saturated rings. The van der Waals surface area contributed by atoms with Gasteiger partial charge >= 0.3 is 12.1 Å². The van der Waals surface area contributed by atoms with Gasteiger partial charge in [-0.15, -0.1) is 0 Å². The van der Waals surface area contributed by atoms with Gasteiger partial charge in [-0.2, -0.15) is 43.6 Å². The molecule has 2 heterocycles. The van der Waals surface area contributed by atoms with Crippen molar-refractivity contribution in [1.82, 2.24) is 0 Å². The lowest BCUT2D eigenvalue weighted by molar-refractivity contribution is -0.137. The van der Waals surface area contributed by atoms with Crippen molar-refractivity contribution < 1.29 is 32.7 Å². The summed E-state index contributed by atoms with van der Waals surface area (Å²) < 4.78 is 39.1. The molecular formula is C22H17F3N6O4. The Morgan fingerprint density at radius 2 is 1.40 bits per heavy atom. The van der Waals surface area contributed by atoms with Gasteiger partial charge in [0.2, 0.25) is 0 Å². The Kier molecular flexibility index (Phi) is 5.92. The maximum Gasteiger partial charge on any atom is 0.416 e. The van der Waals surface area contributed by atoms with Gasteiger partial charge in [0.1, 0.15) is 0 Å².